The van der Waals surface area contributed by atoms with Crippen molar-refractivity contribution >= 4 is 17.8 Å². The molecular weight excluding hydrogens is 438 g/mol. The second kappa shape index (κ2) is 10.9. The molecule has 2 aliphatic heterocycles. The van der Waals surface area contributed by atoms with Gasteiger partial charge in [0.15, 0.2) is 0 Å². The third kappa shape index (κ3) is 5.29. The molecule has 4 rings (SSSR count). The quantitative estimate of drug-likeness (QED) is 0.477. The Labute approximate surface area is 200 Å². The predicted octanol–water partition coefficient (Wildman–Crippen LogP) is 2.44. The monoisotopic (exact) mass is 475 g/mol. The van der Waals surface area contributed by atoms with Crippen LogP contribution in [0.15, 0.2) is 0 Å². The van der Waals surface area contributed by atoms with E-state index in [1.165, 1.54) is 7.11 Å². The number of hydrogen-bond acceptors (Lipinski definition) is 7. The molecule has 3 heterocycles. The summed E-state index contributed by atoms with van der Waals surface area (Å²) in [7, 11) is 1.39. The fourth-order valence-electron chi connectivity index (χ4n) is 5.65. The van der Waals surface area contributed by atoms with Crippen LogP contribution in [0.2, 0.25) is 0 Å². The lowest BCUT2D eigenvalue weighted by Crippen LogP contribution is -2.40. The SMILES string of the molecule is CCc1nn(CCCOC(=O)C2CCCC(C(=O)OC)C2)c2c1C(=O)NCC1(CCOCC1)C2. The molecule has 9 nitrogen and oxygen atoms in total. The van der Waals surface area contributed by atoms with Crippen molar-refractivity contribution in [2.45, 2.75) is 71.3 Å². The van der Waals surface area contributed by atoms with E-state index in [4.69, 9.17) is 19.3 Å². The Kier molecular flexibility index (Phi) is 7.91. The fraction of sp³-hybridized carbons (Fsp3) is 0.760. The Hall–Kier alpha value is -2.42. The van der Waals surface area contributed by atoms with E-state index in [-0.39, 0.29) is 35.1 Å². The van der Waals surface area contributed by atoms with Crippen molar-refractivity contribution in [3.8, 4) is 0 Å². The van der Waals surface area contributed by atoms with Crippen LogP contribution < -0.4 is 5.32 Å². The number of methoxy groups -OCH3 is 1. The number of esters is 2. The van der Waals surface area contributed by atoms with Gasteiger partial charge in [-0.2, -0.15) is 5.10 Å². The molecule has 1 spiro atoms. The number of aromatic nitrogens is 2. The van der Waals surface area contributed by atoms with Crippen LogP contribution in [0, 0.1) is 17.3 Å². The first-order chi connectivity index (χ1) is 16.5. The van der Waals surface area contributed by atoms with Gasteiger partial charge in [-0.25, -0.2) is 0 Å². The van der Waals surface area contributed by atoms with Crippen LogP contribution in [0.25, 0.3) is 0 Å². The Morgan fingerprint density at radius 3 is 2.65 bits per heavy atom. The van der Waals surface area contributed by atoms with Crippen LogP contribution in [0.5, 0.6) is 0 Å². The smallest absolute Gasteiger partial charge is 0.308 e. The highest BCUT2D eigenvalue weighted by atomic mass is 16.5. The molecule has 1 aromatic heterocycles. The van der Waals surface area contributed by atoms with Gasteiger partial charge in [-0.05, 0) is 50.4 Å². The summed E-state index contributed by atoms with van der Waals surface area (Å²) in [5.41, 5.74) is 2.54. The molecule has 2 fully saturated rings. The molecule has 2 atom stereocenters. The first kappa shape index (κ1) is 24.7. The largest absolute Gasteiger partial charge is 0.469 e. The molecule has 1 saturated heterocycles. The normalized spacial score (nSPS) is 24.1. The molecule has 34 heavy (non-hydrogen) atoms. The van der Waals surface area contributed by atoms with Crippen LogP contribution in [0.3, 0.4) is 0 Å². The minimum atomic E-state index is -0.248. The summed E-state index contributed by atoms with van der Waals surface area (Å²) in [6.07, 6.45) is 6.79. The van der Waals surface area contributed by atoms with Crippen molar-refractivity contribution < 1.29 is 28.6 Å². The molecule has 1 amide bonds. The van der Waals surface area contributed by atoms with Gasteiger partial charge in [-0.15, -0.1) is 0 Å². The minimum Gasteiger partial charge on any atom is -0.469 e. The molecule has 188 valence electrons. The molecule has 0 aromatic carbocycles. The number of amides is 1. The second-order valence-electron chi connectivity index (χ2n) is 9.92. The van der Waals surface area contributed by atoms with E-state index in [0.717, 1.165) is 55.5 Å². The van der Waals surface area contributed by atoms with E-state index < -0.39 is 0 Å². The number of fused-ring (bicyclic) bond motifs is 1. The van der Waals surface area contributed by atoms with Gasteiger partial charge in [0.1, 0.15) is 0 Å². The minimum absolute atomic E-state index is 0.00554. The number of carbonyl (C=O) groups is 3. The van der Waals surface area contributed by atoms with Crippen molar-refractivity contribution in [2.75, 3.05) is 33.5 Å². The third-order valence-corrected chi connectivity index (χ3v) is 7.71. The van der Waals surface area contributed by atoms with Gasteiger partial charge in [0.05, 0.1) is 42.5 Å². The molecule has 2 unspecified atom stereocenters. The summed E-state index contributed by atoms with van der Waals surface area (Å²) in [4.78, 5) is 37.3. The molecule has 1 saturated carbocycles. The molecule has 9 heteroatoms. The van der Waals surface area contributed by atoms with E-state index in [1.807, 2.05) is 11.6 Å². The highest BCUT2D eigenvalue weighted by Crippen LogP contribution is 2.37. The summed E-state index contributed by atoms with van der Waals surface area (Å²) in [6, 6.07) is 0. The average molecular weight is 476 g/mol. The summed E-state index contributed by atoms with van der Waals surface area (Å²) < 4.78 is 17.9. The molecule has 3 aliphatic rings. The molecule has 0 bridgehead atoms. The van der Waals surface area contributed by atoms with E-state index >= 15 is 0 Å². The number of aryl methyl sites for hydroxylation is 2. The summed E-state index contributed by atoms with van der Waals surface area (Å²) in [5.74, 6) is -0.975. The van der Waals surface area contributed by atoms with Gasteiger partial charge in [0, 0.05) is 32.7 Å². The topological polar surface area (TPSA) is 109 Å². The van der Waals surface area contributed by atoms with Crippen LogP contribution in [0.4, 0.5) is 0 Å². The van der Waals surface area contributed by atoms with Crippen molar-refractivity contribution in [2.24, 2.45) is 17.3 Å². The predicted molar refractivity (Wildman–Crippen MR) is 123 cm³/mol. The molecular formula is C25H37N3O6. The van der Waals surface area contributed by atoms with Gasteiger partial charge in [-0.1, -0.05) is 13.3 Å². The number of nitrogens with one attached hydrogen (secondary N) is 1. The number of ether oxygens (including phenoxy) is 3. The first-order valence-electron chi connectivity index (χ1n) is 12.7. The molecule has 1 aliphatic carbocycles. The van der Waals surface area contributed by atoms with Crippen LogP contribution >= 0.6 is 0 Å². The Balaban J connectivity index is 1.37. The zero-order valence-corrected chi connectivity index (χ0v) is 20.4. The lowest BCUT2D eigenvalue weighted by Gasteiger charge is -2.36. The Bertz CT molecular complexity index is 905. The maximum atomic E-state index is 12.9. The summed E-state index contributed by atoms with van der Waals surface area (Å²) >= 11 is 0. The molecule has 1 aromatic rings. The van der Waals surface area contributed by atoms with Crippen molar-refractivity contribution in [1.29, 1.82) is 0 Å². The Morgan fingerprint density at radius 2 is 1.94 bits per heavy atom. The number of carbonyl (C=O) groups excluding carboxylic acids is 3. The van der Waals surface area contributed by atoms with E-state index in [9.17, 15) is 14.4 Å². The van der Waals surface area contributed by atoms with Crippen LogP contribution in [-0.4, -0.2) is 61.1 Å². The number of hydrogen-bond donors (Lipinski definition) is 1. The Morgan fingerprint density at radius 1 is 1.21 bits per heavy atom. The van der Waals surface area contributed by atoms with Gasteiger partial charge >= 0.3 is 11.9 Å². The summed E-state index contributed by atoms with van der Waals surface area (Å²) in [5, 5.41) is 7.89. The molecule has 0 radical (unpaired) electrons. The first-order valence-corrected chi connectivity index (χ1v) is 12.7. The second-order valence-corrected chi connectivity index (χ2v) is 9.92. The lowest BCUT2D eigenvalue weighted by atomic mass is 9.76. The average Bonchev–Trinajstić information content (AvgIpc) is 3.15. The fourth-order valence-corrected chi connectivity index (χ4v) is 5.65. The van der Waals surface area contributed by atoms with E-state index in [0.29, 0.717) is 52.2 Å². The van der Waals surface area contributed by atoms with Gasteiger partial charge in [-0.3, -0.25) is 19.1 Å². The van der Waals surface area contributed by atoms with Crippen molar-refractivity contribution in [1.82, 2.24) is 15.1 Å². The van der Waals surface area contributed by atoms with Crippen LogP contribution in [-0.2, 0) is 43.2 Å². The third-order valence-electron chi connectivity index (χ3n) is 7.71. The lowest BCUT2D eigenvalue weighted by molar-refractivity contribution is -0.153. The van der Waals surface area contributed by atoms with Crippen molar-refractivity contribution in [3.63, 3.8) is 0 Å². The van der Waals surface area contributed by atoms with Gasteiger partial charge in [0.25, 0.3) is 5.91 Å². The number of rotatable bonds is 7. The molecule has 1 N–H and O–H groups in total. The highest BCUT2D eigenvalue weighted by molar-refractivity contribution is 5.97. The van der Waals surface area contributed by atoms with Crippen molar-refractivity contribution in [3.05, 3.63) is 17.0 Å². The van der Waals surface area contributed by atoms with E-state index in [1.54, 1.807) is 0 Å². The van der Waals surface area contributed by atoms with E-state index in [2.05, 4.69) is 5.32 Å². The van der Waals surface area contributed by atoms with Crippen LogP contribution in [0.1, 0.15) is 73.6 Å². The highest BCUT2D eigenvalue weighted by Gasteiger charge is 2.39. The van der Waals surface area contributed by atoms with Gasteiger partial charge < -0.3 is 19.5 Å². The standard InChI is InChI=1S/C25H37N3O6/c1-3-19-21-20(15-25(16-26-22(21)29)8-12-33-13-9-25)28(27-19)10-5-11-34-24(31)18-7-4-6-17(14-18)23(30)32-2/h17-18H,3-16H2,1-2H3,(H,26,29). The maximum absolute atomic E-state index is 12.9. The summed E-state index contributed by atoms with van der Waals surface area (Å²) in [6.45, 7) is 4.99. The maximum Gasteiger partial charge on any atom is 0.308 e. The zero-order chi connectivity index (χ0) is 24.1. The zero-order valence-electron chi connectivity index (χ0n) is 20.4. The van der Waals surface area contributed by atoms with Gasteiger partial charge in [0.2, 0.25) is 0 Å². The number of nitrogens with zero attached hydrogens (tertiary/aromatic N) is 2.